The molecule has 2 N–H and O–H groups in total. The molecular weight excluding hydrogens is 312 g/mol. The number of thioether (sulfide) groups is 1. The van der Waals surface area contributed by atoms with Gasteiger partial charge in [-0.15, -0.1) is 11.8 Å². The van der Waals surface area contributed by atoms with Crippen molar-refractivity contribution in [2.24, 2.45) is 0 Å². The zero-order chi connectivity index (χ0) is 16.1. The predicted molar refractivity (Wildman–Crippen MR) is 91.6 cm³/mol. The Morgan fingerprint density at radius 1 is 1.17 bits per heavy atom. The fraction of sp³-hybridized carbons (Fsp3) is 0.235. The van der Waals surface area contributed by atoms with E-state index in [-0.39, 0.29) is 12.1 Å². The fourth-order valence-electron chi connectivity index (χ4n) is 2.22. The molecule has 6 heteroatoms. The molecule has 5 nitrogen and oxygen atoms in total. The highest BCUT2D eigenvalue weighted by atomic mass is 32.2. The number of hydrogen-bond donors (Lipinski definition) is 2. The van der Waals surface area contributed by atoms with Crippen LogP contribution in [0.25, 0.3) is 0 Å². The second-order valence-electron chi connectivity index (χ2n) is 5.06. The molecule has 0 aromatic heterocycles. The Kier molecular flexibility index (Phi) is 4.92. The number of nitrogens with one attached hydrogen (secondary N) is 2. The van der Waals surface area contributed by atoms with Crippen molar-refractivity contribution >= 4 is 23.5 Å². The molecule has 1 aliphatic heterocycles. The van der Waals surface area contributed by atoms with Crippen molar-refractivity contribution in [1.29, 1.82) is 0 Å². The number of amides is 2. The van der Waals surface area contributed by atoms with Crippen LogP contribution in [0.2, 0.25) is 0 Å². The van der Waals surface area contributed by atoms with Gasteiger partial charge in [-0.2, -0.15) is 0 Å². The van der Waals surface area contributed by atoms with Crippen LogP contribution in [0.3, 0.4) is 0 Å². The topological polar surface area (TPSA) is 59.6 Å². The molecule has 1 aliphatic rings. The summed E-state index contributed by atoms with van der Waals surface area (Å²) in [5.41, 5.74) is 0.756. The van der Waals surface area contributed by atoms with Crippen LogP contribution in [-0.4, -0.2) is 31.5 Å². The lowest BCUT2D eigenvalue weighted by atomic mass is 10.2. The minimum Gasteiger partial charge on any atom is -0.486 e. The molecule has 0 fully saturated rings. The van der Waals surface area contributed by atoms with E-state index in [4.69, 9.17) is 9.47 Å². The molecule has 120 valence electrons. The van der Waals surface area contributed by atoms with E-state index in [1.807, 2.05) is 54.8 Å². The summed E-state index contributed by atoms with van der Waals surface area (Å²) in [5.74, 6) is 1.45. The van der Waals surface area contributed by atoms with Crippen LogP contribution in [0.1, 0.15) is 0 Å². The summed E-state index contributed by atoms with van der Waals surface area (Å²) in [5, 5.41) is 5.60. The second kappa shape index (κ2) is 7.28. The van der Waals surface area contributed by atoms with E-state index in [0.29, 0.717) is 18.9 Å². The van der Waals surface area contributed by atoms with Crippen molar-refractivity contribution in [1.82, 2.24) is 5.32 Å². The SMILES string of the molecule is CSc1ccc(NC(=O)NC[C@@H]2COc3ccccc3O2)cc1. The Bertz CT molecular complexity index is 676. The normalized spacial score (nSPS) is 15.8. The molecule has 3 rings (SSSR count). The smallest absolute Gasteiger partial charge is 0.319 e. The molecule has 0 unspecified atom stereocenters. The number of ether oxygens (including phenoxy) is 2. The summed E-state index contributed by atoms with van der Waals surface area (Å²) in [4.78, 5) is 13.1. The van der Waals surface area contributed by atoms with E-state index in [2.05, 4.69) is 10.6 Å². The maximum atomic E-state index is 11.9. The maximum absolute atomic E-state index is 11.9. The van der Waals surface area contributed by atoms with Gasteiger partial charge in [-0.1, -0.05) is 12.1 Å². The maximum Gasteiger partial charge on any atom is 0.319 e. The summed E-state index contributed by atoms with van der Waals surface area (Å²) in [6.07, 6.45) is 1.81. The molecule has 0 saturated carbocycles. The number of anilines is 1. The third-order valence-corrected chi connectivity index (χ3v) is 4.15. The number of carbonyl (C=O) groups excluding carboxylic acids is 1. The zero-order valence-electron chi connectivity index (χ0n) is 12.7. The Hall–Kier alpha value is -2.34. The monoisotopic (exact) mass is 330 g/mol. The van der Waals surface area contributed by atoms with E-state index < -0.39 is 0 Å². The van der Waals surface area contributed by atoms with Crippen molar-refractivity contribution in [3.8, 4) is 11.5 Å². The molecule has 2 amide bonds. The van der Waals surface area contributed by atoms with Gasteiger partial charge < -0.3 is 20.1 Å². The van der Waals surface area contributed by atoms with Crippen LogP contribution in [0.5, 0.6) is 11.5 Å². The molecule has 0 bridgehead atoms. The Morgan fingerprint density at radius 3 is 2.65 bits per heavy atom. The molecular formula is C17H18N2O3S. The van der Waals surface area contributed by atoms with Gasteiger partial charge in [0.1, 0.15) is 6.61 Å². The second-order valence-corrected chi connectivity index (χ2v) is 5.94. The van der Waals surface area contributed by atoms with Crippen LogP contribution in [-0.2, 0) is 0 Å². The van der Waals surface area contributed by atoms with Crippen LogP contribution in [0.15, 0.2) is 53.4 Å². The van der Waals surface area contributed by atoms with Gasteiger partial charge in [0, 0.05) is 10.6 Å². The van der Waals surface area contributed by atoms with Crippen molar-refractivity contribution in [2.45, 2.75) is 11.0 Å². The van der Waals surface area contributed by atoms with Gasteiger partial charge in [-0.25, -0.2) is 4.79 Å². The first kappa shape index (κ1) is 15.6. The minimum absolute atomic E-state index is 0.200. The molecule has 2 aromatic carbocycles. The highest BCUT2D eigenvalue weighted by Crippen LogP contribution is 2.30. The van der Waals surface area contributed by atoms with Crippen LogP contribution in [0, 0.1) is 0 Å². The number of para-hydroxylation sites is 2. The van der Waals surface area contributed by atoms with Crippen LogP contribution < -0.4 is 20.1 Å². The van der Waals surface area contributed by atoms with Crippen molar-refractivity contribution in [3.63, 3.8) is 0 Å². The number of fused-ring (bicyclic) bond motifs is 1. The van der Waals surface area contributed by atoms with Gasteiger partial charge in [-0.3, -0.25) is 0 Å². The summed E-state index contributed by atoms with van der Waals surface area (Å²) < 4.78 is 11.4. The number of rotatable bonds is 4. The molecule has 1 atom stereocenters. The summed E-state index contributed by atoms with van der Waals surface area (Å²) in [6, 6.07) is 14.9. The molecule has 1 heterocycles. The van der Waals surface area contributed by atoms with Gasteiger partial charge in [-0.05, 0) is 42.7 Å². The third kappa shape index (κ3) is 4.10. The molecule has 23 heavy (non-hydrogen) atoms. The van der Waals surface area contributed by atoms with Crippen molar-refractivity contribution < 1.29 is 14.3 Å². The highest BCUT2D eigenvalue weighted by molar-refractivity contribution is 7.98. The first-order chi connectivity index (χ1) is 11.2. The first-order valence-electron chi connectivity index (χ1n) is 7.32. The van der Waals surface area contributed by atoms with E-state index in [0.717, 1.165) is 16.3 Å². The molecule has 0 spiro atoms. The minimum atomic E-state index is -0.260. The van der Waals surface area contributed by atoms with E-state index in [1.165, 1.54) is 0 Å². The van der Waals surface area contributed by atoms with E-state index >= 15 is 0 Å². The lowest BCUT2D eigenvalue weighted by molar-refractivity contribution is 0.0922. The van der Waals surface area contributed by atoms with Crippen LogP contribution >= 0.6 is 11.8 Å². The highest BCUT2D eigenvalue weighted by Gasteiger charge is 2.20. The molecule has 0 radical (unpaired) electrons. The molecule has 2 aromatic rings. The number of benzene rings is 2. The molecule has 0 saturated heterocycles. The van der Waals surface area contributed by atoms with E-state index in [9.17, 15) is 4.79 Å². The van der Waals surface area contributed by atoms with E-state index in [1.54, 1.807) is 11.8 Å². The first-order valence-corrected chi connectivity index (χ1v) is 8.54. The van der Waals surface area contributed by atoms with Gasteiger partial charge in [0.2, 0.25) is 0 Å². The van der Waals surface area contributed by atoms with Gasteiger partial charge in [0.05, 0.1) is 6.54 Å². The number of urea groups is 1. The largest absolute Gasteiger partial charge is 0.486 e. The van der Waals surface area contributed by atoms with Crippen molar-refractivity contribution in [2.75, 3.05) is 24.7 Å². The Balaban J connectivity index is 1.47. The predicted octanol–water partition coefficient (Wildman–Crippen LogP) is 3.37. The quantitative estimate of drug-likeness (QED) is 0.844. The standard InChI is InChI=1S/C17H18N2O3S/c1-23-14-8-6-12(7-9-14)19-17(20)18-10-13-11-21-15-4-2-3-5-16(15)22-13/h2-9,13H,10-11H2,1H3,(H2,18,19,20)/t13-/m1/s1. The molecule has 0 aliphatic carbocycles. The van der Waals surface area contributed by atoms with Gasteiger partial charge in [0.25, 0.3) is 0 Å². The average Bonchev–Trinajstić information content (AvgIpc) is 2.60. The summed E-state index contributed by atoms with van der Waals surface area (Å²) in [7, 11) is 0. The van der Waals surface area contributed by atoms with Gasteiger partial charge >= 0.3 is 6.03 Å². The van der Waals surface area contributed by atoms with Crippen LogP contribution in [0.4, 0.5) is 10.5 Å². The van der Waals surface area contributed by atoms with Gasteiger partial charge in [0.15, 0.2) is 17.6 Å². The average molecular weight is 330 g/mol. The lowest BCUT2D eigenvalue weighted by Gasteiger charge is -2.26. The zero-order valence-corrected chi connectivity index (χ0v) is 13.6. The fourth-order valence-corrected chi connectivity index (χ4v) is 2.63. The third-order valence-electron chi connectivity index (χ3n) is 3.41. The summed E-state index contributed by atoms with van der Waals surface area (Å²) in [6.45, 7) is 0.794. The lowest BCUT2D eigenvalue weighted by Crippen LogP contribution is -2.42. The Morgan fingerprint density at radius 2 is 1.91 bits per heavy atom. The Labute approximate surface area is 139 Å². The summed E-state index contributed by atoms with van der Waals surface area (Å²) >= 11 is 1.66. The number of hydrogen-bond acceptors (Lipinski definition) is 4. The number of carbonyl (C=O) groups is 1. The van der Waals surface area contributed by atoms with Crippen molar-refractivity contribution in [3.05, 3.63) is 48.5 Å².